The summed E-state index contributed by atoms with van der Waals surface area (Å²) in [5.74, 6) is -0.999. The van der Waals surface area contributed by atoms with E-state index in [4.69, 9.17) is 23.2 Å². The maximum absolute atomic E-state index is 13.2. The van der Waals surface area contributed by atoms with Gasteiger partial charge in [0.2, 0.25) is 5.91 Å². The smallest absolute Gasteiger partial charge is 0.255 e. The Bertz CT molecular complexity index is 886. The van der Waals surface area contributed by atoms with Crippen LogP contribution in [0.15, 0.2) is 36.4 Å². The van der Waals surface area contributed by atoms with Gasteiger partial charge in [0, 0.05) is 29.5 Å². The van der Waals surface area contributed by atoms with E-state index in [2.05, 4.69) is 10.6 Å². The molecule has 1 saturated heterocycles. The number of carbonyl (C=O) groups excluding carboxylic acids is 2. The van der Waals surface area contributed by atoms with Gasteiger partial charge in [-0.15, -0.1) is 0 Å². The normalized spacial score (nSPS) is 13.9. The van der Waals surface area contributed by atoms with Gasteiger partial charge in [0.25, 0.3) is 5.91 Å². The average Bonchev–Trinajstić information content (AvgIpc) is 2.69. The third kappa shape index (κ3) is 5.14. The van der Waals surface area contributed by atoms with Crippen LogP contribution in [0.4, 0.5) is 15.8 Å². The summed E-state index contributed by atoms with van der Waals surface area (Å²) in [6.07, 6.45) is 3.11. The fourth-order valence-electron chi connectivity index (χ4n) is 3.07. The quantitative estimate of drug-likeness (QED) is 0.725. The van der Waals surface area contributed by atoms with Crippen LogP contribution in [0, 0.1) is 5.82 Å². The van der Waals surface area contributed by atoms with Crippen LogP contribution in [0.3, 0.4) is 0 Å². The zero-order valence-electron chi connectivity index (χ0n) is 15.1. The lowest BCUT2D eigenvalue weighted by Crippen LogP contribution is -2.36. The van der Waals surface area contributed by atoms with Crippen molar-refractivity contribution in [2.24, 2.45) is 0 Å². The first kappa shape index (κ1) is 20.4. The second-order valence-electron chi connectivity index (χ2n) is 6.57. The highest BCUT2D eigenvalue weighted by Gasteiger charge is 2.21. The molecule has 0 saturated carbocycles. The highest BCUT2D eigenvalue weighted by atomic mass is 35.5. The van der Waals surface area contributed by atoms with Crippen molar-refractivity contribution in [3.8, 4) is 0 Å². The molecule has 2 aromatic carbocycles. The topological polar surface area (TPSA) is 61.4 Å². The number of likely N-dealkylation sites (tertiary alicyclic amines) is 1. The minimum atomic E-state index is -0.558. The average molecular weight is 424 g/mol. The first-order valence-electron chi connectivity index (χ1n) is 9.01. The van der Waals surface area contributed by atoms with Gasteiger partial charge in [-0.1, -0.05) is 23.2 Å². The molecule has 2 aromatic rings. The SMILES string of the molecule is O=C(CNc1cc(Cl)ccc1C(=O)N1CCCCC1)Nc1ccc(F)c(Cl)c1. The highest BCUT2D eigenvalue weighted by molar-refractivity contribution is 6.31. The van der Waals surface area contributed by atoms with E-state index >= 15 is 0 Å². The van der Waals surface area contributed by atoms with Gasteiger partial charge in [-0.05, 0) is 55.7 Å². The van der Waals surface area contributed by atoms with Crippen LogP contribution in [-0.4, -0.2) is 36.3 Å². The Kier molecular flexibility index (Phi) is 6.75. The second-order valence-corrected chi connectivity index (χ2v) is 7.42. The molecule has 148 valence electrons. The van der Waals surface area contributed by atoms with Gasteiger partial charge in [-0.25, -0.2) is 4.39 Å². The fourth-order valence-corrected chi connectivity index (χ4v) is 3.42. The van der Waals surface area contributed by atoms with Gasteiger partial charge in [0.1, 0.15) is 5.82 Å². The Morgan fingerprint density at radius 2 is 1.79 bits per heavy atom. The van der Waals surface area contributed by atoms with Crippen molar-refractivity contribution in [3.63, 3.8) is 0 Å². The molecule has 1 aliphatic heterocycles. The van der Waals surface area contributed by atoms with E-state index in [0.29, 0.717) is 22.0 Å². The predicted octanol–water partition coefficient (Wildman–Crippen LogP) is 4.81. The maximum atomic E-state index is 13.2. The minimum Gasteiger partial charge on any atom is -0.375 e. The van der Waals surface area contributed by atoms with E-state index < -0.39 is 5.82 Å². The van der Waals surface area contributed by atoms with Crippen LogP contribution in [0.5, 0.6) is 0 Å². The van der Waals surface area contributed by atoms with E-state index in [1.807, 2.05) is 4.90 Å². The number of piperidine rings is 1. The third-order valence-corrected chi connectivity index (χ3v) is 5.02. The summed E-state index contributed by atoms with van der Waals surface area (Å²) in [5, 5.41) is 5.98. The van der Waals surface area contributed by atoms with Crippen LogP contribution < -0.4 is 10.6 Å². The lowest BCUT2D eigenvalue weighted by Gasteiger charge is -2.27. The van der Waals surface area contributed by atoms with E-state index in [1.54, 1.807) is 18.2 Å². The number of anilines is 2. The molecule has 5 nitrogen and oxygen atoms in total. The van der Waals surface area contributed by atoms with Crippen molar-refractivity contribution >= 4 is 46.4 Å². The zero-order chi connectivity index (χ0) is 20.1. The Hall–Kier alpha value is -2.31. The summed E-state index contributed by atoms with van der Waals surface area (Å²) in [5.41, 5.74) is 1.35. The number of benzene rings is 2. The van der Waals surface area contributed by atoms with Crippen molar-refractivity contribution in [2.75, 3.05) is 30.3 Å². The van der Waals surface area contributed by atoms with Crippen molar-refractivity contribution < 1.29 is 14.0 Å². The molecule has 0 spiro atoms. The Balaban J connectivity index is 1.67. The van der Waals surface area contributed by atoms with E-state index in [-0.39, 0.29) is 23.4 Å². The van der Waals surface area contributed by atoms with Gasteiger partial charge < -0.3 is 15.5 Å². The standard InChI is InChI=1S/C20H20Cl2FN3O2/c21-13-4-6-15(20(28)26-8-2-1-3-9-26)18(10-13)24-12-19(27)25-14-5-7-17(23)16(22)11-14/h4-7,10-11,24H,1-3,8-9,12H2,(H,25,27). The van der Waals surface area contributed by atoms with E-state index in [0.717, 1.165) is 32.4 Å². The molecular formula is C20H20Cl2FN3O2. The molecule has 8 heteroatoms. The Morgan fingerprint density at radius 1 is 1.04 bits per heavy atom. The van der Waals surface area contributed by atoms with Crippen molar-refractivity contribution in [1.82, 2.24) is 4.90 Å². The molecule has 0 aromatic heterocycles. The molecule has 1 aliphatic rings. The van der Waals surface area contributed by atoms with Crippen LogP contribution >= 0.6 is 23.2 Å². The predicted molar refractivity (Wildman–Crippen MR) is 110 cm³/mol. The number of halogens is 3. The highest BCUT2D eigenvalue weighted by Crippen LogP contribution is 2.24. The largest absolute Gasteiger partial charge is 0.375 e. The second kappa shape index (κ2) is 9.26. The number of hydrogen-bond acceptors (Lipinski definition) is 3. The molecule has 0 radical (unpaired) electrons. The lowest BCUT2D eigenvalue weighted by atomic mass is 10.1. The lowest BCUT2D eigenvalue weighted by molar-refractivity contribution is -0.114. The van der Waals surface area contributed by atoms with Crippen molar-refractivity contribution in [3.05, 3.63) is 57.8 Å². The third-order valence-electron chi connectivity index (χ3n) is 4.50. The maximum Gasteiger partial charge on any atom is 0.255 e. The first-order valence-corrected chi connectivity index (χ1v) is 9.77. The Labute approximate surface area is 172 Å². The molecule has 0 aliphatic carbocycles. The molecule has 2 N–H and O–H groups in total. The van der Waals surface area contributed by atoms with Crippen molar-refractivity contribution in [1.29, 1.82) is 0 Å². The van der Waals surface area contributed by atoms with Gasteiger partial charge in [0.05, 0.1) is 17.1 Å². The van der Waals surface area contributed by atoms with Gasteiger partial charge in [-0.3, -0.25) is 9.59 Å². The molecule has 3 rings (SSSR count). The van der Waals surface area contributed by atoms with Crippen LogP contribution in [0.2, 0.25) is 10.0 Å². The van der Waals surface area contributed by atoms with Gasteiger partial charge >= 0.3 is 0 Å². The minimum absolute atomic E-state index is 0.0741. The zero-order valence-corrected chi connectivity index (χ0v) is 16.6. The summed E-state index contributed by atoms with van der Waals surface area (Å²) >= 11 is 11.8. The summed E-state index contributed by atoms with van der Waals surface area (Å²) in [6.45, 7) is 1.37. The molecule has 2 amide bonds. The van der Waals surface area contributed by atoms with Crippen LogP contribution in [-0.2, 0) is 4.79 Å². The van der Waals surface area contributed by atoms with Gasteiger partial charge in [-0.2, -0.15) is 0 Å². The first-order chi connectivity index (χ1) is 13.4. The van der Waals surface area contributed by atoms with Crippen LogP contribution in [0.1, 0.15) is 29.6 Å². The molecule has 0 unspecified atom stereocenters. The number of nitrogens with zero attached hydrogens (tertiary/aromatic N) is 1. The fraction of sp³-hybridized carbons (Fsp3) is 0.300. The molecular weight excluding hydrogens is 404 g/mol. The molecule has 1 fully saturated rings. The summed E-state index contributed by atoms with van der Waals surface area (Å²) in [4.78, 5) is 26.9. The number of hydrogen-bond donors (Lipinski definition) is 2. The monoisotopic (exact) mass is 423 g/mol. The number of nitrogens with one attached hydrogen (secondary N) is 2. The molecule has 0 bridgehead atoms. The van der Waals surface area contributed by atoms with Gasteiger partial charge in [0.15, 0.2) is 0 Å². The number of amides is 2. The van der Waals surface area contributed by atoms with Crippen molar-refractivity contribution in [2.45, 2.75) is 19.3 Å². The number of carbonyl (C=O) groups is 2. The summed E-state index contributed by atoms with van der Waals surface area (Å²) < 4.78 is 13.2. The van der Waals surface area contributed by atoms with Crippen LogP contribution in [0.25, 0.3) is 0 Å². The Morgan fingerprint density at radius 3 is 2.50 bits per heavy atom. The molecule has 28 heavy (non-hydrogen) atoms. The van der Waals surface area contributed by atoms with E-state index in [1.165, 1.54) is 18.2 Å². The molecule has 1 heterocycles. The number of rotatable bonds is 5. The summed E-state index contributed by atoms with van der Waals surface area (Å²) in [7, 11) is 0. The van der Waals surface area contributed by atoms with E-state index in [9.17, 15) is 14.0 Å². The molecule has 0 atom stereocenters. The summed E-state index contributed by atoms with van der Waals surface area (Å²) in [6, 6.07) is 8.88.